The molecule has 1 fully saturated rings. The van der Waals surface area contributed by atoms with Gasteiger partial charge in [-0.1, -0.05) is 0 Å². The first kappa shape index (κ1) is 13.3. The summed E-state index contributed by atoms with van der Waals surface area (Å²) in [6.07, 6.45) is 0.618. The molecule has 17 heavy (non-hydrogen) atoms. The molecule has 2 rings (SSSR count). The van der Waals surface area contributed by atoms with E-state index in [2.05, 4.69) is 15.9 Å². The van der Waals surface area contributed by atoms with Crippen LogP contribution in [0.2, 0.25) is 0 Å². The third-order valence-electron chi connectivity index (χ3n) is 3.18. The molecule has 2 unspecified atom stereocenters. The molecule has 1 aromatic carbocycles. The zero-order valence-electron chi connectivity index (χ0n) is 9.34. The molecule has 1 aromatic rings. The Kier molecular flexibility index (Phi) is 3.80. The van der Waals surface area contributed by atoms with Gasteiger partial charge in [0.1, 0.15) is 11.6 Å². The molecule has 5 heteroatoms. The fraction of sp³-hybridized carbons (Fsp3) is 0.500. The molecule has 1 aliphatic heterocycles. The van der Waals surface area contributed by atoms with E-state index in [4.69, 9.17) is 0 Å². The van der Waals surface area contributed by atoms with E-state index in [1.165, 1.54) is 12.1 Å². The number of halogens is 3. The van der Waals surface area contributed by atoms with Gasteiger partial charge in [-0.25, -0.2) is 8.78 Å². The van der Waals surface area contributed by atoms with Gasteiger partial charge < -0.3 is 5.11 Å². The maximum absolute atomic E-state index is 13.9. The van der Waals surface area contributed by atoms with Crippen LogP contribution < -0.4 is 0 Å². The van der Waals surface area contributed by atoms with Crippen LogP contribution in [-0.4, -0.2) is 15.6 Å². The minimum absolute atomic E-state index is 0.180. The molecule has 1 N–H and O–H groups in total. The monoisotopic (exact) mass is 322 g/mol. The maximum Gasteiger partial charge on any atom is 0.146 e. The molecule has 0 aliphatic carbocycles. The highest BCUT2D eigenvalue weighted by Crippen LogP contribution is 2.47. The van der Waals surface area contributed by atoms with Crippen molar-refractivity contribution in [3.63, 3.8) is 0 Å². The van der Waals surface area contributed by atoms with E-state index in [0.29, 0.717) is 0 Å². The molecule has 1 aliphatic rings. The fourth-order valence-electron chi connectivity index (χ4n) is 2.12. The van der Waals surface area contributed by atoms with Crippen molar-refractivity contribution in [3.8, 4) is 0 Å². The summed E-state index contributed by atoms with van der Waals surface area (Å²) in [5.41, 5.74) is -0.226. The molecule has 0 bridgehead atoms. The second kappa shape index (κ2) is 4.86. The summed E-state index contributed by atoms with van der Waals surface area (Å²) in [4.78, 5) is 0. The smallest absolute Gasteiger partial charge is 0.146 e. The topological polar surface area (TPSA) is 20.2 Å². The van der Waals surface area contributed by atoms with Crippen molar-refractivity contribution >= 4 is 27.7 Å². The lowest BCUT2D eigenvalue weighted by Gasteiger charge is -2.30. The summed E-state index contributed by atoms with van der Waals surface area (Å²) >= 11 is 4.59. The number of hydrogen-bond acceptors (Lipinski definition) is 2. The molecule has 0 aromatic heterocycles. The van der Waals surface area contributed by atoms with Crippen molar-refractivity contribution in [2.75, 3.05) is 5.75 Å². The third kappa shape index (κ3) is 2.37. The maximum atomic E-state index is 13.9. The lowest BCUT2D eigenvalue weighted by molar-refractivity contribution is 0.126. The van der Waals surface area contributed by atoms with Gasteiger partial charge in [0, 0.05) is 4.75 Å². The largest absolute Gasteiger partial charge is 0.387 e. The SMILES string of the molecule is CC1(C(O)c2c(F)ccc(Br)c2F)CCCS1. The van der Waals surface area contributed by atoms with Gasteiger partial charge in [-0.05, 0) is 53.6 Å². The summed E-state index contributed by atoms with van der Waals surface area (Å²) in [6.45, 7) is 1.86. The van der Waals surface area contributed by atoms with E-state index in [0.717, 1.165) is 18.6 Å². The Bertz CT molecular complexity index is 433. The molecule has 0 spiro atoms. The van der Waals surface area contributed by atoms with E-state index < -0.39 is 22.5 Å². The first-order valence-electron chi connectivity index (χ1n) is 5.41. The van der Waals surface area contributed by atoms with Crippen LogP contribution in [0.25, 0.3) is 0 Å². The van der Waals surface area contributed by atoms with Gasteiger partial charge in [0.25, 0.3) is 0 Å². The molecule has 1 heterocycles. The average Bonchev–Trinajstić information content (AvgIpc) is 2.72. The number of thioether (sulfide) groups is 1. The molecule has 1 saturated heterocycles. The quantitative estimate of drug-likeness (QED) is 0.829. The van der Waals surface area contributed by atoms with E-state index in [1.54, 1.807) is 11.8 Å². The number of aliphatic hydroxyl groups excluding tert-OH is 1. The van der Waals surface area contributed by atoms with Crippen molar-refractivity contribution < 1.29 is 13.9 Å². The standard InChI is InChI=1S/C12H13BrF2OS/c1-12(5-2-6-17-12)11(16)9-8(14)4-3-7(13)10(9)15/h3-4,11,16H,2,5-6H2,1H3. The van der Waals surface area contributed by atoms with Gasteiger partial charge in [-0.2, -0.15) is 11.8 Å². The van der Waals surface area contributed by atoms with E-state index in [1.807, 2.05) is 6.92 Å². The highest BCUT2D eigenvalue weighted by atomic mass is 79.9. The average molecular weight is 323 g/mol. The first-order chi connectivity index (χ1) is 7.96. The van der Waals surface area contributed by atoms with Crippen LogP contribution in [0.1, 0.15) is 31.4 Å². The van der Waals surface area contributed by atoms with Crippen molar-refractivity contribution in [1.82, 2.24) is 0 Å². The van der Waals surface area contributed by atoms with Crippen LogP contribution in [0.15, 0.2) is 16.6 Å². The Morgan fingerprint density at radius 2 is 2.18 bits per heavy atom. The molecular formula is C12H13BrF2OS. The summed E-state index contributed by atoms with van der Waals surface area (Å²) in [5.74, 6) is -0.469. The lowest BCUT2D eigenvalue weighted by atomic mass is 9.92. The van der Waals surface area contributed by atoms with Crippen LogP contribution in [0.3, 0.4) is 0 Å². The molecule has 94 valence electrons. The number of hydrogen-bond donors (Lipinski definition) is 1. The van der Waals surface area contributed by atoms with E-state index in [-0.39, 0.29) is 10.0 Å². The third-order valence-corrected chi connectivity index (χ3v) is 5.37. The van der Waals surface area contributed by atoms with Crippen molar-refractivity contribution in [2.24, 2.45) is 0 Å². The van der Waals surface area contributed by atoms with Crippen LogP contribution in [0, 0.1) is 11.6 Å². The van der Waals surface area contributed by atoms with Gasteiger partial charge in [-0.3, -0.25) is 0 Å². The molecule has 2 atom stereocenters. The minimum Gasteiger partial charge on any atom is -0.387 e. The summed E-state index contributed by atoms with van der Waals surface area (Å²) in [6, 6.07) is 2.49. The Morgan fingerprint density at radius 1 is 1.47 bits per heavy atom. The van der Waals surface area contributed by atoms with Crippen LogP contribution >= 0.6 is 27.7 Å². The van der Waals surface area contributed by atoms with Crippen LogP contribution in [-0.2, 0) is 0 Å². The second-order valence-electron chi connectivity index (χ2n) is 4.42. The normalized spacial score (nSPS) is 26.2. The Balaban J connectivity index is 2.43. The number of benzene rings is 1. The van der Waals surface area contributed by atoms with Crippen molar-refractivity contribution in [3.05, 3.63) is 33.8 Å². The Morgan fingerprint density at radius 3 is 2.76 bits per heavy atom. The second-order valence-corrected chi connectivity index (χ2v) is 6.91. The molecular weight excluding hydrogens is 310 g/mol. The molecule has 1 nitrogen and oxygen atoms in total. The van der Waals surface area contributed by atoms with Gasteiger partial charge in [-0.15, -0.1) is 0 Å². The predicted molar refractivity (Wildman–Crippen MR) is 69.1 cm³/mol. The highest BCUT2D eigenvalue weighted by Gasteiger charge is 2.40. The highest BCUT2D eigenvalue weighted by molar-refractivity contribution is 9.10. The summed E-state index contributed by atoms with van der Waals surface area (Å²) in [7, 11) is 0. The molecule has 0 saturated carbocycles. The van der Waals surface area contributed by atoms with Gasteiger partial charge in [0.05, 0.1) is 16.1 Å². The van der Waals surface area contributed by atoms with Crippen molar-refractivity contribution in [1.29, 1.82) is 0 Å². The Labute approximate surface area is 112 Å². The fourth-order valence-corrected chi connectivity index (χ4v) is 3.78. The molecule has 0 radical (unpaired) electrons. The summed E-state index contributed by atoms with van der Waals surface area (Å²) < 4.78 is 27.2. The number of aliphatic hydroxyl groups is 1. The zero-order chi connectivity index (χ0) is 12.6. The number of rotatable bonds is 2. The zero-order valence-corrected chi connectivity index (χ0v) is 11.7. The molecule has 0 amide bonds. The first-order valence-corrected chi connectivity index (χ1v) is 7.19. The van der Waals surface area contributed by atoms with Crippen LogP contribution in [0.5, 0.6) is 0 Å². The van der Waals surface area contributed by atoms with Crippen molar-refractivity contribution in [2.45, 2.75) is 30.6 Å². The van der Waals surface area contributed by atoms with Gasteiger partial charge >= 0.3 is 0 Å². The van der Waals surface area contributed by atoms with Crippen LogP contribution in [0.4, 0.5) is 8.78 Å². The van der Waals surface area contributed by atoms with E-state index in [9.17, 15) is 13.9 Å². The van der Waals surface area contributed by atoms with Gasteiger partial charge in [0.2, 0.25) is 0 Å². The van der Waals surface area contributed by atoms with Gasteiger partial charge in [0.15, 0.2) is 0 Å². The Hall–Kier alpha value is -0.130. The van der Waals surface area contributed by atoms with E-state index >= 15 is 0 Å². The predicted octanol–water partition coefficient (Wildman–Crippen LogP) is 4.05. The lowest BCUT2D eigenvalue weighted by Crippen LogP contribution is -2.28. The summed E-state index contributed by atoms with van der Waals surface area (Å²) in [5, 5.41) is 10.2. The minimum atomic E-state index is -1.12.